The van der Waals surface area contributed by atoms with Gasteiger partial charge in [-0.15, -0.1) is 11.3 Å². The number of halogens is 1. The van der Waals surface area contributed by atoms with E-state index in [2.05, 4.69) is 11.8 Å². The smallest absolute Gasteiger partial charge is 0.253 e. The Hall–Kier alpha value is -1.88. The fourth-order valence-electron chi connectivity index (χ4n) is 6.30. The molecule has 2 aromatic rings. The lowest BCUT2D eigenvalue weighted by molar-refractivity contribution is 0.0687. The molecule has 1 aromatic heterocycles. The summed E-state index contributed by atoms with van der Waals surface area (Å²) in [5.74, 6) is 3.06. The van der Waals surface area contributed by atoms with Crippen LogP contribution in [0.1, 0.15) is 72.1 Å². The maximum Gasteiger partial charge on any atom is 0.253 e. The summed E-state index contributed by atoms with van der Waals surface area (Å²) in [5.41, 5.74) is 0.557. The summed E-state index contributed by atoms with van der Waals surface area (Å²) in [6.07, 6.45) is 7.43. The zero-order valence-corrected chi connectivity index (χ0v) is 24.7. The van der Waals surface area contributed by atoms with E-state index in [1.165, 1.54) is 28.4 Å². The Kier molecular flexibility index (Phi) is 9.05. The van der Waals surface area contributed by atoms with Crippen LogP contribution >= 0.6 is 11.3 Å². The van der Waals surface area contributed by atoms with Crippen molar-refractivity contribution in [2.75, 3.05) is 45.0 Å². The quantitative estimate of drug-likeness (QED) is 0.475. The van der Waals surface area contributed by atoms with Crippen molar-refractivity contribution >= 4 is 27.3 Å². The molecule has 1 saturated carbocycles. The highest BCUT2D eigenvalue weighted by molar-refractivity contribution is 7.89. The molecule has 0 bridgehead atoms. The summed E-state index contributed by atoms with van der Waals surface area (Å²) in [6.45, 7) is 9.02. The number of sulfonamides is 1. The average molecular weight is 576 g/mol. The summed E-state index contributed by atoms with van der Waals surface area (Å²) >= 11 is 1.82. The van der Waals surface area contributed by atoms with Crippen molar-refractivity contribution < 1.29 is 17.6 Å². The van der Waals surface area contributed by atoms with Gasteiger partial charge in [0.15, 0.2) is 0 Å². The molecule has 1 radical (unpaired) electrons. The molecule has 0 N–H and O–H groups in total. The summed E-state index contributed by atoms with van der Waals surface area (Å²) in [4.78, 5) is 23.2. The van der Waals surface area contributed by atoms with Gasteiger partial charge in [0.05, 0.1) is 10.8 Å². The van der Waals surface area contributed by atoms with E-state index in [0.29, 0.717) is 36.4 Å². The van der Waals surface area contributed by atoms with Gasteiger partial charge in [0.25, 0.3) is 5.91 Å². The van der Waals surface area contributed by atoms with Crippen molar-refractivity contribution in [3.05, 3.63) is 57.6 Å². The maximum atomic E-state index is 13.2. The number of piperidine rings is 1. The number of aromatic nitrogens is 1. The number of thiazole rings is 1. The lowest BCUT2D eigenvalue weighted by Crippen LogP contribution is -2.48. The van der Waals surface area contributed by atoms with E-state index >= 15 is 0 Å². The van der Waals surface area contributed by atoms with Crippen LogP contribution in [0, 0.1) is 23.6 Å². The predicted octanol–water partition coefficient (Wildman–Crippen LogP) is 4.78. The third-order valence-corrected chi connectivity index (χ3v) is 11.9. The Morgan fingerprint density at radius 1 is 1.05 bits per heavy atom. The Bertz CT molecular complexity index is 1220. The second kappa shape index (κ2) is 12.3. The monoisotopic (exact) mass is 575 g/mol. The highest BCUT2D eigenvalue weighted by Gasteiger charge is 2.37. The molecule has 3 heterocycles. The van der Waals surface area contributed by atoms with E-state index in [1.807, 2.05) is 22.4 Å². The molecule has 0 spiro atoms. The van der Waals surface area contributed by atoms with Crippen molar-refractivity contribution in [2.24, 2.45) is 11.8 Å². The third-order valence-electron chi connectivity index (χ3n) is 8.90. The van der Waals surface area contributed by atoms with Crippen molar-refractivity contribution in [2.45, 2.75) is 58.4 Å². The number of likely N-dealkylation sites (tertiary alicyclic amines) is 1. The van der Waals surface area contributed by atoms with Crippen LogP contribution in [0.5, 0.6) is 0 Å². The number of carbonyl (C=O) groups is 1. The highest BCUT2D eigenvalue weighted by Crippen LogP contribution is 2.47. The average Bonchev–Trinajstić information content (AvgIpc) is 3.42. The number of hydrogen-bond donors (Lipinski definition) is 0. The number of amides is 1. The Morgan fingerprint density at radius 2 is 1.74 bits per heavy atom. The molecule has 213 valence electrons. The minimum atomic E-state index is -3.11. The predicted molar refractivity (Wildman–Crippen MR) is 152 cm³/mol. The zero-order chi connectivity index (χ0) is 27.6. The number of benzene rings is 1. The molecule has 39 heavy (non-hydrogen) atoms. The van der Waals surface area contributed by atoms with Crippen LogP contribution in [0.3, 0.4) is 0 Å². The van der Waals surface area contributed by atoms with Crippen LogP contribution < -0.4 is 0 Å². The third kappa shape index (κ3) is 6.72. The van der Waals surface area contributed by atoms with Gasteiger partial charge >= 0.3 is 0 Å². The largest absolute Gasteiger partial charge is 0.339 e. The van der Waals surface area contributed by atoms with Gasteiger partial charge in [-0.05, 0) is 81.0 Å². The van der Waals surface area contributed by atoms with Crippen molar-refractivity contribution in [3.63, 3.8) is 0 Å². The fraction of sp³-hybridized carbons (Fsp3) is 0.621. The lowest BCUT2D eigenvalue weighted by Gasteiger charge is -2.41. The molecule has 1 aliphatic carbocycles. The molecule has 3 aliphatic rings. The second-order valence-electron chi connectivity index (χ2n) is 11.3. The molecule has 5 rings (SSSR count). The van der Waals surface area contributed by atoms with Gasteiger partial charge in [0.2, 0.25) is 10.0 Å². The summed E-state index contributed by atoms with van der Waals surface area (Å²) in [6, 6.07) is 5.85. The summed E-state index contributed by atoms with van der Waals surface area (Å²) in [5, 5.41) is 1.23. The standard InChI is InChI=1S/C29H40FN4O3S2/c1-3-39(36,37)34-16-14-32(15-17-34)20-26-19-31-28(38-26)27-18-24(5-4-21(27)2)22-10-12-33(13-11-22)29(35)23-6-8-25(30)9-7-23/h6-9,19,21-22,27H,3-5,10-18,20H2,1-2H3. The van der Waals surface area contributed by atoms with E-state index in [-0.39, 0.29) is 17.5 Å². The number of rotatable bonds is 7. The first kappa shape index (κ1) is 28.6. The number of nitrogens with zero attached hydrogens (tertiary/aromatic N) is 4. The highest BCUT2D eigenvalue weighted by atomic mass is 32.2. The van der Waals surface area contributed by atoms with E-state index < -0.39 is 10.0 Å². The molecule has 1 amide bonds. The van der Waals surface area contributed by atoms with Crippen LogP contribution in [-0.4, -0.2) is 78.4 Å². The Balaban J connectivity index is 1.13. The number of hydrogen-bond acceptors (Lipinski definition) is 6. The molecule has 7 nitrogen and oxygen atoms in total. The first-order valence-corrected chi connectivity index (χ1v) is 16.7. The van der Waals surface area contributed by atoms with Crippen molar-refractivity contribution in [1.82, 2.24) is 19.1 Å². The van der Waals surface area contributed by atoms with Gasteiger partial charge in [0.1, 0.15) is 5.82 Å². The number of piperazine rings is 1. The maximum absolute atomic E-state index is 13.2. The van der Waals surface area contributed by atoms with Gasteiger partial charge in [-0.3, -0.25) is 9.69 Å². The first-order valence-electron chi connectivity index (χ1n) is 14.3. The minimum absolute atomic E-state index is 0.00249. The molecule has 1 aromatic carbocycles. The molecule has 2 aliphatic heterocycles. The van der Waals surface area contributed by atoms with Gasteiger partial charge in [-0.1, -0.05) is 6.92 Å². The van der Waals surface area contributed by atoms with Crippen LogP contribution in [0.15, 0.2) is 30.5 Å². The fourth-order valence-corrected chi connectivity index (χ4v) is 8.58. The molecular weight excluding hydrogens is 535 g/mol. The van der Waals surface area contributed by atoms with Gasteiger partial charge in [-0.2, -0.15) is 4.31 Å². The zero-order valence-electron chi connectivity index (χ0n) is 23.0. The van der Waals surface area contributed by atoms with Crippen LogP contribution in [0.4, 0.5) is 4.39 Å². The Labute approximate surface area is 236 Å². The Morgan fingerprint density at radius 3 is 2.41 bits per heavy atom. The lowest BCUT2D eigenvalue weighted by atomic mass is 9.68. The van der Waals surface area contributed by atoms with E-state index in [9.17, 15) is 17.6 Å². The van der Waals surface area contributed by atoms with Crippen LogP contribution in [0.2, 0.25) is 0 Å². The molecular formula is C29H40FN4O3S2. The van der Waals surface area contributed by atoms with Gasteiger partial charge in [-0.25, -0.2) is 17.8 Å². The van der Waals surface area contributed by atoms with Crippen molar-refractivity contribution in [1.29, 1.82) is 0 Å². The molecule has 2 atom stereocenters. The molecule has 3 fully saturated rings. The minimum Gasteiger partial charge on any atom is -0.339 e. The summed E-state index contributed by atoms with van der Waals surface area (Å²) < 4.78 is 39.2. The van der Waals surface area contributed by atoms with Gasteiger partial charge < -0.3 is 4.90 Å². The van der Waals surface area contributed by atoms with E-state index in [1.54, 1.807) is 29.3 Å². The van der Waals surface area contributed by atoms with Gasteiger partial charge in [0, 0.05) is 68.4 Å². The van der Waals surface area contributed by atoms with Crippen LogP contribution in [-0.2, 0) is 16.6 Å². The topological polar surface area (TPSA) is 73.8 Å². The first-order chi connectivity index (χ1) is 18.7. The normalized spacial score (nSPS) is 24.7. The van der Waals surface area contributed by atoms with Crippen molar-refractivity contribution in [3.8, 4) is 0 Å². The van der Waals surface area contributed by atoms with Crippen LogP contribution in [0.25, 0.3) is 0 Å². The second-order valence-corrected chi connectivity index (χ2v) is 14.7. The molecule has 2 saturated heterocycles. The molecule has 2 unspecified atom stereocenters. The van der Waals surface area contributed by atoms with E-state index in [4.69, 9.17) is 4.98 Å². The summed E-state index contributed by atoms with van der Waals surface area (Å²) in [7, 11) is -3.11. The molecule has 10 heteroatoms. The van der Waals surface area contributed by atoms with E-state index in [0.717, 1.165) is 58.4 Å². The SMILES string of the molecule is CCS(=O)(=O)N1CCN(Cc2cnc(C3C[C](C4CCN(C(=O)c5ccc(F)cc5)CC4)CCC3C)s2)CC1. The number of carbonyl (C=O) groups excluding carboxylic acids is 1.